The van der Waals surface area contributed by atoms with Crippen molar-refractivity contribution >= 4 is 27.7 Å². The van der Waals surface area contributed by atoms with Crippen LogP contribution in [0, 0.1) is 5.82 Å². The SMILES string of the molecule is CCC1NC(=O)CCN(Cc2cc(F)cc(Br)c2)C1=O. The normalized spacial score (nSPS) is 19.8. The average molecular weight is 343 g/mol. The van der Waals surface area contributed by atoms with Gasteiger partial charge in [-0.15, -0.1) is 0 Å². The first-order valence-corrected chi connectivity index (χ1v) is 7.32. The molecule has 1 aromatic rings. The van der Waals surface area contributed by atoms with Gasteiger partial charge in [0.15, 0.2) is 0 Å². The first-order valence-electron chi connectivity index (χ1n) is 6.52. The summed E-state index contributed by atoms with van der Waals surface area (Å²) >= 11 is 3.23. The molecule has 0 aliphatic carbocycles. The van der Waals surface area contributed by atoms with Gasteiger partial charge in [-0.05, 0) is 30.2 Å². The Morgan fingerprint density at radius 3 is 2.80 bits per heavy atom. The lowest BCUT2D eigenvalue weighted by Gasteiger charge is -2.23. The topological polar surface area (TPSA) is 49.4 Å². The van der Waals surface area contributed by atoms with Crippen molar-refractivity contribution in [3.8, 4) is 0 Å². The third-order valence-corrected chi connectivity index (χ3v) is 3.72. The molecule has 1 aliphatic rings. The van der Waals surface area contributed by atoms with Gasteiger partial charge in [0.05, 0.1) is 0 Å². The number of hydrogen-bond acceptors (Lipinski definition) is 2. The van der Waals surface area contributed by atoms with E-state index in [4.69, 9.17) is 0 Å². The summed E-state index contributed by atoms with van der Waals surface area (Å²) in [4.78, 5) is 25.5. The molecule has 1 saturated heterocycles. The van der Waals surface area contributed by atoms with Crippen LogP contribution in [0.1, 0.15) is 25.3 Å². The highest BCUT2D eigenvalue weighted by molar-refractivity contribution is 9.10. The number of halogens is 2. The number of rotatable bonds is 3. The molecule has 1 aliphatic heterocycles. The Morgan fingerprint density at radius 2 is 2.15 bits per heavy atom. The third-order valence-electron chi connectivity index (χ3n) is 3.26. The van der Waals surface area contributed by atoms with Crippen molar-refractivity contribution in [2.45, 2.75) is 32.4 Å². The van der Waals surface area contributed by atoms with Crippen molar-refractivity contribution in [3.05, 3.63) is 34.1 Å². The highest BCUT2D eigenvalue weighted by Gasteiger charge is 2.28. The number of amides is 2. The minimum absolute atomic E-state index is 0.112. The van der Waals surface area contributed by atoms with E-state index in [0.29, 0.717) is 29.5 Å². The summed E-state index contributed by atoms with van der Waals surface area (Å²) in [6.07, 6.45) is 0.826. The summed E-state index contributed by atoms with van der Waals surface area (Å²) in [5, 5.41) is 2.70. The van der Waals surface area contributed by atoms with Gasteiger partial charge in [-0.1, -0.05) is 22.9 Å². The number of hydrogen-bond donors (Lipinski definition) is 1. The van der Waals surface area contributed by atoms with Gasteiger partial charge in [-0.3, -0.25) is 9.59 Å². The van der Waals surface area contributed by atoms with Crippen LogP contribution in [0.4, 0.5) is 4.39 Å². The summed E-state index contributed by atoms with van der Waals surface area (Å²) in [5.74, 6) is -0.579. The molecular formula is C14H16BrFN2O2. The van der Waals surface area contributed by atoms with Gasteiger partial charge in [-0.25, -0.2) is 4.39 Å². The van der Waals surface area contributed by atoms with Crippen LogP contribution in [0.15, 0.2) is 22.7 Å². The van der Waals surface area contributed by atoms with Crippen LogP contribution in [0.25, 0.3) is 0 Å². The molecule has 1 N–H and O–H groups in total. The largest absolute Gasteiger partial charge is 0.344 e. The first kappa shape index (κ1) is 15.0. The second-order valence-electron chi connectivity index (χ2n) is 4.82. The van der Waals surface area contributed by atoms with Gasteiger partial charge in [-0.2, -0.15) is 0 Å². The zero-order chi connectivity index (χ0) is 14.7. The Bertz CT molecular complexity index is 516. The van der Waals surface area contributed by atoms with Gasteiger partial charge in [0.2, 0.25) is 11.8 Å². The zero-order valence-corrected chi connectivity index (χ0v) is 12.7. The number of nitrogens with one attached hydrogen (secondary N) is 1. The van der Waals surface area contributed by atoms with Crippen LogP contribution < -0.4 is 5.32 Å². The van der Waals surface area contributed by atoms with E-state index in [1.807, 2.05) is 6.92 Å². The quantitative estimate of drug-likeness (QED) is 0.915. The van der Waals surface area contributed by atoms with Gasteiger partial charge in [0.1, 0.15) is 11.9 Å². The second-order valence-corrected chi connectivity index (χ2v) is 5.73. The molecule has 0 bridgehead atoms. The van der Waals surface area contributed by atoms with Crippen molar-refractivity contribution in [3.63, 3.8) is 0 Å². The maximum atomic E-state index is 13.4. The molecule has 0 saturated carbocycles. The fourth-order valence-corrected chi connectivity index (χ4v) is 2.76. The molecule has 1 atom stereocenters. The summed E-state index contributed by atoms with van der Waals surface area (Å²) in [6, 6.07) is 4.06. The fraction of sp³-hybridized carbons (Fsp3) is 0.429. The molecule has 4 nitrogen and oxygen atoms in total. The first-order chi connectivity index (χ1) is 9.49. The van der Waals surface area contributed by atoms with Crippen LogP contribution >= 0.6 is 15.9 Å². The second kappa shape index (κ2) is 6.35. The third kappa shape index (κ3) is 3.56. The van der Waals surface area contributed by atoms with Crippen molar-refractivity contribution < 1.29 is 14.0 Å². The number of carbonyl (C=O) groups is 2. The Hall–Kier alpha value is -1.43. The summed E-state index contributed by atoms with van der Waals surface area (Å²) < 4.78 is 14.0. The van der Waals surface area contributed by atoms with E-state index in [1.54, 1.807) is 11.0 Å². The standard InChI is InChI=1S/C14H16BrFN2O2/c1-2-12-14(20)18(4-3-13(19)17-12)8-9-5-10(15)7-11(16)6-9/h5-7,12H,2-4,8H2,1H3,(H,17,19). The Balaban J connectivity index is 2.18. The van der Waals surface area contributed by atoms with E-state index < -0.39 is 6.04 Å². The van der Waals surface area contributed by atoms with Crippen LogP contribution in [0.2, 0.25) is 0 Å². The van der Waals surface area contributed by atoms with E-state index in [1.165, 1.54) is 12.1 Å². The highest BCUT2D eigenvalue weighted by atomic mass is 79.9. The Morgan fingerprint density at radius 1 is 1.40 bits per heavy atom. The molecule has 1 aromatic carbocycles. The molecule has 1 heterocycles. The highest BCUT2D eigenvalue weighted by Crippen LogP contribution is 2.18. The fourth-order valence-electron chi connectivity index (χ4n) is 2.25. The molecule has 1 unspecified atom stereocenters. The molecule has 0 spiro atoms. The minimum atomic E-state index is -0.484. The van der Waals surface area contributed by atoms with Crippen molar-refractivity contribution in [2.24, 2.45) is 0 Å². The van der Waals surface area contributed by atoms with Crippen molar-refractivity contribution in [2.75, 3.05) is 6.54 Å². The molecule has 2 amide bonds. The maximum absolute atomic E-state index is 13.4. The number of carbonyl (C=O) groups excluding carboxylic acids is 2. The predicted molar refractivity (Wildman–Crippen MR) is 76.4 cm³/mol. The van der Waals surface area contributed by atoms with Crippen LogP contribution in [0.5, 0.6) is 0 Å². The van der Waals surface area contributed by atoms with E-state index >= 15 is 0 Å². The Kier molecular flexibility index (Phi) is 4.75. The lowest BCUT2D eigenvalue weighted by molar-refractivity contribution is -0.134. The minimum Gasteiger partial charge on any atom is -0.344 e. The average Bonchev–Trinajstić information content (AvgIpc) is 2.50. The molecule has 20 heavy (non-hydrogen) atoms. The summed E-state index contributed by atoms with van der Waals surface area (Å²) in [5.41, 5.74) is 0.703. The van der Waals surface area contributed by atoms with E-state index in [9.17, 15) is 14.0 Å². The predicted octanol–water partition coefficient (Wildman–Crippen LogP) is 2.22. The molecular weight excluding hydrogens is 327 g/mol. The van der Waals surface area contributed by atoms with Gasteiger partial charge in [0, 0.05) is 24.0 Å². The van der Waals surface area contributed by atoms with Crippen LogP contribution in [-0.4, -0.2) is 29.3 Å². The molecule has 108 valence electrons. The molecule has 0 aromatic heterocycles. The van der Waals surface area contributed by atoms with E-state index in [2.05, 4.69) is 21.2 Å². The van der Waals surface area contributed by atoms with Crippen LogP contribution in [-0.2, 0) is 16.1 Å². The molecule has 0 radical (unpaired) electrons. The summed E-state index contributed by atoms with van der Waals surface area (Å²) in [7, 11) is 0. The van der Waals surface area contributed by atoms with Gasteiger partial charge in [0.25, 0.3) is 0 Å². The van der Waals surface area contributed by atoms with Gasteiger partial charge >= 0.3 is 0 Å². The van der Waals surface area contributed by atoms with Crippen molar-refractivity contribution in [1.29, 1.82) is 0 Å². The summed E-state index contributed by atoms with van der Waals surface area (Å²) in [6.45, 7) is 2.51. The van der Waals surface area contributed by atoms with E-state index in [-0.39, 0.29) is 24.1 Å². The monoisotopic (exact) mass is 342 g/mol. The Labute approximate surface area is 125 Å². The zero-order valence-electron chi connectivity index (χ0n) is 11.2. The molecule has 1 fully saturated rings. The van der Waals surface area contributed by atoms with Gasteiger partial charge < -0.3 is 10.2 Å². The van der Waals surface area contributed by atoms with Crippen molar-refractivity contribution in [1.82, 2.24) is 10.2 Å². The smallest absolute Gasteiger partial charge is 0.245 e. The number of nitrogens with zero attached hydrogens (tertiary/aromatic N) is 1. The lowest BCUT2D eigenvalue weighted by Crippen LogP contribution is -2.43. The number of benzene rings is 1. The lowest BCUT2D eigenvalue weighted by atomic mass is 10.1. The van der Waals surface area contributed by atoms with E-state index in [0.717, 1.165) is 0 Å². The van der Waals surface area contributed by atoms with Crippen LogP contribution in [0.3, 0.4) is 0 Å². The molecule has 6 heteroatoms. The molecule has 2 rings (SSSR count). The maximum Gasteiger partial charge on any atom is 0.245 e.